The maximum atomic E-state index is 13.4. The van der Waals surface area contributed by atoms with Crippen molar-refractivity contribution in [1.29, 1.82) is 5.26 Å². The van der Waals surface area contributed by atoms with Crippen LogP contribution in [0.4, 0.5) is 0 Å². The van der Waals surface area contributed by atoms with Gasteiger partial charge >= 0.3 is 5.97 Å². The van der Waals surface area contributed by atoms with Gasteiger partial charge in [0.2, 0.25) is 0 Å². The standard InChI is InChI=1S/C26H25N3O5/c1-3-16-17-11-15(33-10-6-5-9-27)7-8-21(17)28-23-18(16)13-29-22(23)12-20-19(24(29)30)14-34-25(31)26(20,32)4-2/h7-8,11-12,32H,3-6,10,13-14H2,1-2H3/t26-/m0/s1. The van der Waals surface area contributed by atoms with E-state index in [4.69, 9.17) is 19.7 Å². The third-order valence-corrected chi connectivity index (χ3v) is 6.83. The summed E-state index contributed by atoms with van der Waals surface area (Å²) >= 11 is 0. The Balaban J connectivity index is 1.65. The molecule has 8 nitrogen and oxygen atoms in total. The molecule has 0 saturated heterocycles. The van der Waals surface area contributed by atoms with E-state index in [0.717, 1.165) is 28.5 Å². The zero-order valence-corrected chi connectivity index (χ0v) is 19.2. The van der Waals surface area contributed by atoms with Gasteiger partial charge in [0.1, 0.15) is 12.4 Å². The number of aromatic nitrogens is 2. The Labute approximate surface area is 196 Å². The molecule has 1 atom stereocenters. The van der Waals surface area contributed by atoms with Gasteiger partial charge in [-0.1, -0.05) is 13.8 Å². The van der Waals surface area contributed by atoms with Crippen molar-refractivity contribution in [3.8, 4) is 23.2 Å². The fourth-order valence-electron chi connectivity index (χ4n) is 4.98. The minimum absolute atomic E-state index is 0.108. The van der Waals surface area contributed by atoms with Crippen LogP contribution in [0, 0.1) is 11.3 Å². The molecule has 0 aliphatic carbocycles. The molecule has 0 saturated carbocycles. The van der Waals surface area contributed by atoms with Gasteiger partial charge in [0.25, 0.3) is 5.56 Å². The molecule has 0 radical (unpaired) electrons. The van der Waals surface area contributed by atoms with Crippen LogP contribution in [-0.2, 0) is 34.7 Å². The number of nitrogens with zero attached hydrogens (tertiary/aromatic N) is 3. The van der Waals surface area contributed by atoms with Gasteiger partial charge in [-0.05, 0) is 49.1 Å². The van der Waals surface area contributed by atoms with Crippen molar-refractivity contribution in [2.45, 2.75) is 58.3 Å². The first kappa shape index (κ1) is 22.1. The highest BCUT2D eigenvalue weighted by Crippen LogP contribution is 2.40. The van der Waals surface area contributed by atoms with Crippen molar-refractivity contribution < 1.29 is 19.4 Å². The number of aryl methyl sites for hydroxylation is 1. The smallest absolute Gasteiger partial charge is 0.343 e. The Hall–Kier alpha value is -3.70. The molecule has 0 spiro atoms. The summed E-state index contributed by atoms with van der Waals surface area (Å²) < 4.78 is 12.6. The number of fused-ring (bicyclic) bond motifs is 5. The highest BCUT2D eigenvalue weighted by molar-refractivity contribution is 5.90. The van der Waals surface area contributed by atoms with Gasteiger partial charge < -0.3 is 19.1 Å². The molecule has 0 unspecified atom stereocenters. The van der Waals surface area contributed by atoms with Gasteiger partial charge in [0, 0.05) is 22.9 Å². The van der Waals surface area contributed by atoms with Crippen LogP contribution in [0.25, 0.3) is 22.3 Å². The average Bonchev–Trinajstić information content (AvgIpc) is 3.21. The fourth-order valence-corrected chi connectivity index (χ4v) is 4.98. The molecule has 5 rings (SSSR count). The SMILES string of the molecule is CCc1c2c(nc3ccc(OCCCC#N)cc13)-c1cc3c(c(=O)n1C2)COC(=O)[C@]3(O)CC. The predicted molar refractivity (Wildman–Crippen MR) is 124 cm³/mol. The first-order valence-corrected chi connectivity index (χ1v) is 11.5. The van der Waals surface area contributed by atoms with Crippen LogP contribution in [0.5, 0.6) is 5.75 Å². The van der Waals surface area contributed by atoms with E-state index < -0.39 is 11.6 Å². The molecule has 2 aliphatic heterocycles. The van der Waals surface area contributed by atoms with Crippen LogP contribution in [0.3, 0.4) is 0 Å². The van der Waals surface area contributed by atoms with E-state index in [1.165, 1.54) is 0 Å². The van der Waals surface area contributed by atoms with Gasteiger partial charge in [-0.2, -0.15) is 5.26 Å². The van der Waals surface area contributed by atoms with E-state index in [9.17, 15) is 14.7 Å². The third kappa shape index (κ3) is 3.19. The third-order valence-electron chi connectivity index (χ3n) is 6.83. The van der Waals surface area contributed by atoms with E-state index in [2.05, 4.69) is 13.0 Å². The lowest BCUT2D eigenvalue weighted by Gasteiger charge is -2.31. The minimum Gasteiger partial charge on any atom is -0.494 e. The van der Waals surface area contributed by atoms with Crippen LogP contribution >= 0.6 is 0 Å². The summed E-state index contributed by atoms with van der Waals surface area (Å²) in [6, 6.07) is 9.56. The molecule has 1 aromatic carbocycles. The van der Waals surface area contributed by atoms with Gasteiger partial charge in [0.15, 0.2) is 5.60 Å². The number of cyclic esters (lactones) is 1. The number of benzene rings is 1. The molecule has 1 N–H and O–H groups in total. The number of carbonyl (C=O) groups is 1. The molecule has 4 heterocycles. The monoisotopic (exact) mass is 459 g/mol. The second-order valence-corrected chi connectivity index (χ2v) is 8.66. The number of pyridine rings is 2. The molecule has 2 aliphatic rings. The molecule has 0 amide bonds. The number of unbranched alkanes of at least 4 members (excludes halogenated alkanes) is 1. The Bertz CT molecular complexity index is 1440. The zero-order chi connectivity index (χ0) is 24.0. The molecular weight excluding hydrogens is 434 g/mol. The van der Waals surface area contributed by atoms with Crippen LogP contribution in [0.2, 0.25) is 0 Å². The Morgan fingerprint density at radius 1 is 1.26 bits per heavy atom. The van der Waals surface area contributed by atoms with E-state index in [1.54, 1.807) is 17.6 Å². The van der Waals surface area contributed by atoms with Crippen molar-refractivity contribution in [2.75, 3.05) is 6.61 Å². The van der Waals surface area contributed by atoms with Crippen LogP contribution < -0.4 is 10.3 Å². The Kier molecular flexibility index (Phi) is 5.37. The lowest BCUT2D eigenvalue weighted by Crippen LogP contribution is -2.44. The number of nitriles is 1. The van der Waals surface area contributed by atoms with Crippen LogP contribution in [-0.4, -0.2) is 27.2 Å². The molecular formula is C26H25N3O5. The number of esters is 1. The Morgan fingerprint density at radius 2 is 2.09 bits per heavy atom. The normalized spacial score (nSPS) is 18.1. The second kappa shape index (κ2) is 8.26. The van der Waals surface area contributed by atoms with Crippen LogP contribution in [0.15, 0.2) is 29.1 Å². The van der Waals surface area contributed by atoms with E-state index >= 15 is 0 Å². The zero-order valence-electron chi connectivity index (χ0n) is 19.2. The summed E-state index contributed by atoms with van der Waals surface area (Å²) in [6.45, 7) is 4.44. The largest absolute Gasteiger partial charge is 0.494 e. The summed E-state index contributed by atoms with van der Waals surface area (Å²) in [5.74, 6) is -0.0122. The van der Waals surface area contributed by atoms with Crippen molar-refractivity contribution in [3.05, 3.63) is 56.9 Å². The average molecular weight is 460 g/mol. The Morgan fingerprint density at radius 3 is 2.82 bits per heavy atom. The van der Waals surface area contributed by atoms with E-state index in [0.29, 0.717) is 54.3 Å². The summed E-state index contributed by atoms with van der Waals surface area (Å²) in [7, 11) is 0. The van der Waals surface area contributed by atoms with Crippen molar-refractivity contribution in [2.24, 2.45) is 0 Å². The lowest BCUT2D eigenvalue weighted by atomic mass is 9.86. The summed E-state index contributed by atoms with van der Waals surface area (Å²) in [6.07, 6.45) is 1.96. The predicted octanol–water partition coefficient (Wildman–Crippen LogP) is 3.32. The van der Waals surface area contributed by atoms with Crippen molar-refractivity contribution >= 4 is 16.9 Å². The number of carbonyl (C=O) groups excluding carboxylic acids is 1. The molecule has 0 fully saturated rings. The van der Waals surface area contributed by atoms with Crippen molar-refractivity contribution in [3.63, 3.8) is 0 Å². The summed E-state index contributed by atoms with van der Waals surface area (Å²) in [5.41, 5.74) is 2.66. The van der Waals surface area contributed by atoms with Gasteiger partial charge in [-0.25, -0.2) is 9.78 Å². The molecule has 174 valence electrons. The molecule has 34 heavy (non-hydrogen) atoms. The molecule has 8 heteroatoms. The minimum atomic E-state index is -1.84. The van der Waals surface area contributed by atoms with E-state index in [-0.39, 0.29) is 18.6 Å². The number of aliphatic hydroxyl groups is 1. The number of rotatable bonds is 6. The molecule has 2 aromatic heterocycles. The highest BCUT2D eigenvalue weighted by atomic mass is 16.6. The quantitative estimate of drug-likeness (QED) is 0.347. The maximum Gasteiger partial charge on any atom is 0.343 e. The highest BCUT2D eigenvalue weighted by Gasteiger charge is 2.45. The van der Waals surface area contributed by atoms with Gasteiger partial charge in [-0.15, -0.1) is 0 Å². The summed E-state index contributed by atoms with van der Waals surface area (Å²) in [5, 5.41) is 20.7. The van der Waals surface area contributed by atoms with Gasteiger partial charge in [0.05, 0.1) is 41.7 Å². The number of ether oxygens (including phenoxy) is 2. The molecule has 0 bridgehead atoms. The van der Waals surface area contributed by atoms with Crippen LogP contribution in [0.1, 0.15) is 55.4 Å². The summed E-state index contributed by atoms with van der Waals surface area (Å²) in [4.78, 5) is 30.6. The van der Waals surface area contributed by atoms with E-state index in [1.807, 2.05) is 18.2 Å². The lowest BCUT2D eigenvalue weighted by molar-refractivity contribution is -0.172. The number of hydrogen-bond acceptors (Lipinski definition) is 7. The first-order chi connectivity index (χ1) is 16.4. The topological polar surface area (TPSA) is 114 Å². The van der Waals surface area contributed by atoms with Crippen molar-refractivity contribution in [1.82, 2.24) is 9.55 Å². The first-order valence-electron chi connectivity index (χ1n) is 11.5. The number of hydrogen-bond donors (Lipinski definition) is 1. The molecule has 3 aromatic rings. The van der Waals surface area contributed by atoms with Gasteiger partial charge in [-0.3, -0.25) is 4.79 Å². The fraction of sp³-hybridized carbons (Fsp3) is 0.385. The maximum absolute atomic E-state index is 13.4. The second-order valence-electron chi connectivity index (χ2n) is 8.66.